The van der Waals surface area contributed by atoms with Crippen LogP contribution < -0.4 is 0 Å². The van der Waals surface area contributed by atoms with Crippen LogP contribution in [0.4, 0.5) is 0 Å². The number of halogens is 1. The van der Waals surface area contributed by atoms with Crippen molar-refractivity contribution >= 4 is 23.5 Å². The number of Topliss-reactive ketones (excluding diaryl/α,β-unsaturated/α-hetero) is 1. The smallest absolute Gasteiger partial charge is 0.203 e. The van der Waals surface area contributed by atoms with Gasteiger partial charge in [0.25, 0.3) is 0 Å². The summed E-state index contributed by atoms with van der Waals surface area (Å²) >= 11 is 5.87. The van der Waals surface area contributed by atoms with E-state index in [0.29, 0.717) is 10.6 Å². The van der Waals surface area contributed by atoms with Gasteiger partial charge in [0.1, 0.15) is 11.6 Å². The fraction of sp³-hybridized carbons (Fsp3) is 0. The molecule has 0 saturated carbocycles. The number of benzene rings is 2. The summed E-state index contributed by atoms with van der Waals surface area (Å²) in [5.74, 6) is -0.289. The van der Waals surface area contributed by atoms with Crippen molar-refractivity contribution in [2.45, 2.75) is 0 Å². The molecule has 0 heterocycles. The van der Waals surface area contributed by atoms with Crippen LogP contribution in [0.3, 0.4) is 0 Å². The monoisotopic (exact) mass is 267 g/mol. The number of carbonyl (C=O) groups is 1. The van der Waals surface area contributed by atoms with E-state index in [0.717, 1.165) is 5.56 Å². The van der Waals surface area contributed by atoms with E-state index < -0.39 is 0 Å². The van der Waals surface area contributed by atoms with Crippen LogP contribution in [0.2, 0.25) is 5.02 Å². The van der Waals surface area contributed by atoms with Crippen molar-refractivity contribution in [2.24, 2.45) is 0 Å². The van der Waals surface area contributed by atoms with Gasteiger partial charge in [-0.1, -0.05) is 54.1 Å². The molecule has 0 bridgehead atoms. The third-order valence-corrected chi connectivity index (χ3v) is 2.80. The summed E-state index contributed by atoms with van der Waals surface area (Å²) in [6, 6.07) is 17.7. The Morgan fingerprint density at radius 2 is 1.84 bits per heavy atom. The minimum Gasteiger partial charge on any atom is -0.288 e. The summed E-state index contributed by atoms with van der Waals surface area (Å²) < 4.78 is 0. The van der Waals surface area contributed by atoms with Crippen LogP contribution in [0.1, 0.15) is 15.9 Å². The zero-order valence-corrected chi connectivity index (χ0v) is 10.8. The summed E-state index contributed by atoms with van der Waals surface area (Å²) in [5.41, 5.74) is 1.32. The standard InChI is InChI=1S/C16H10ClNO/c17-15-8-4-5-12(10-15)9-14(11-18)16(19)13-6-2-1-3-7-13/h1-10H/b14-9+. The van der Waals surface area contributed by atoms with Gasteiger partial charge in [-0.2, -0.15) is 5.26 Å². The van der Waals surface area contributed by atoms with E-state index in [-0.39, 0.29) is 11.4 Å². The Morgan fingerprint density at radius 3 is 2.47 bits per heavy atom. The zero-order valence-electron chi connectivity index (χ0n) is 10.0. The van der Waals surface area contributed by atoms with E-state index in [4.69, 9.17) is 16.9 Å². The molecule has 0 aliphatic rings. The van der Waals surface area contributed by atoms with Gasteiger partial charge < -0.3 is 0 Å². The van der Waals surface area contributed by atoms with Crippen LogP contribution >= 0.6 is 11.6 Å². The van der Waals surface area contributed by atoms with Crippen LogP contribution in [0, 0.1) is 11.3 Å². The molecule has 0 atom stereocenters. The van der Waals surface area contributed by atoms with Gasteiger partial charge in [0.2, 0.25) is 5.78 Å². The van der Waals surface area contributed by atoms with Crippen molar-refractivity contribution in [3.8, 4) is 6.07 Å². The maximum absolute atomic E-state index is 12.1. The average Bonchev–Trinajstić information content (AvgIpc) is 2.45. The van der Waals surface area contributed by atoms with E-state index in [1.54, 1.807) is 54.6 Å². The zero-order chi connectivity index (χ0) is 13.7. The molecule has 2 aromatic carbocycles. The van der Waals surface area contributed by atoms with Gasteiger partial charge in [-0.15, -0.1) is 0 Å². The number of carbonyl (C=O) groups excluding carboxylic acids is 1. The van der Waals surface area contributed by atoms with Crippen LogP contribution in [0.5, 0.6) is 0 Å². The molecule has 0 amide bonds. The molecule has 2 aromatic rings. The minimum atomic E-state index is -0.289. The van der Waals surface area contributed by atoms with Gasteiger partial charge >= 0.3 is 0 Å². The molecule has 0 N–H and O–H groups in total. The normalized spacial score (nSPS) is 10.8. The highest BCUT2D eigenvalue weighted by atomic mass is 35.5. The summed E-state index contributed by atoms with van der Waals surface area (Å²) in [6.07, 6.45) is 1.54. The van der Waals surface area contributed by atoms with Crippen molar-refractivity contribution < 1.29 is 4.79 Å². The molecule has 0 fully saturated rings. The summed E-state index contributed by atoms with van der Waals surface area (Å²) in [6.45, 7) is 0. The Kier molecular flexibility index (Phi) is 4.12. The number of rotatable bonds is 3. The summed E-state index contributed by atoms with van der Waals surface area (Å²) in [7, 11) is 0. The fourth-order valence-electron chi connectivity index (χ4n) is 1.66. The molecular formula is C16H10ClNO. The van der Waals surface area contributed by atoms with Crippen LogP contribution in [0.15, 0.2) is 60.2 Å². The highest BCUT2D eigenvalue weighted by Gasteiger charge is 2.11. The second kappa shape index (κ2) is 5.99. The first-order chi connectivity index (χ1) is 9.20. The molecule has 0 aliphatic heterocycles. The number of nitrogens with zero attached hydrogens (tertiary/aromatic N) is 1. The topological polar surface area (TPSA) is 40.9 Å². The SMILES string of the molecule is N#C/C(=C\c1cccc(Cl)c1)C(=O)c1ccccc1. The predicted molar refractivity (Wildman–Crippen MR) is 75.8 cm³/mol. The fourth-order valence-corrected chi connectivity index (χ4v) is 1.86. The molecule has 2 rings (SSSR count). The molecule has 0 aliphatic carbocycles. The lowest BCUT2D eigenvalue weighted by Gasteiger charge is -2.00. The number of allylic oxidation sites excluding steroid dienone is 1. The van der Waals surface area contributed by atoms with E-state index in [9.17, 15) is 4.79 Å². The van der Waals surface area contributed by atoms with Gasteiger partial charge in [-0.05, 0) is 23.8 Å². The second-order valence-electron chi connectivity index (χ2n) is 3.92. The third kappa shape index (κ3) is 3.31. The van der Waals surface area contributed by atoms with Crippen LogP contribution in [-0.4, -0.2) is 5.78 Å². The van der Waals surface area contributed by atoms with Crippen molar-refractivity contribution in [1.82, 2.24) is 0 Å². The predicted octanol–water partition coefficient (Wildman–Crippen LogP) is 4.13. The van der Waals surface area contributed by atoms with Gasteiger partial charge in [0.15, 0.2) is 0 Å². The van der Waals surface area contributed by atoms with Gasteiger partial charge in [0.05, 0.1) is 0 Å². The largest absolute Gasteiger partial charge is 0.288 e. The van der Waals surface area contributed by atoms with E-state index in [1.807, 2.05) is 12.1 Å². The van der Waals surface area contributed by atoms with Crippen molar-refractivity contribution in [3.05, 3.63) is 76.3 Å². The molecule has 19 heavy (non-hydrogen) atoms. The highest BCUT2D eigenvalue weighted by molar-refractivity contribution is 6.30. The van der Waals surface area contributed by atoms with Crippen molar-refractivity contribution in [3.63, 3.8) is 0 Å². The second-order valence-corrected chi connectivity index (χ2v) is 4.36. The Labute approximate surface area is 116 Å². The number of hydrogen-bond donors (Lipinski definition) is 0. The Morgan fingerprint density at radius 1 is 1.11 bits per heavy atom. The molecule has 0 spiro atoms. The molecule has 3 heteroatoms. The van der Waals surface area contributed by atoms with E-state index >= 15 is 0 Å². The first kappa shape index (κ1) is 13.1. The van der Waals surface area contributed by atoms with Crippen LogP contribution in [0.25, 0.3) is 6.08 Å². The van der Waals surface area contributed by atoms with Crippen molar-refractivity contribution in [1.29, 1.82) is 5.26 Å². The van der Waals surface area contributed by atoms with Gasteiger partial charge in [-0.25, -0.2) is 0 Å². The molecule has 2 nitrogen and oxygen atoms in total. The maximum Gasteiger partial charge on any atom is 0.203 e. The Bertz CT molecular complexity index is 669. The Hall–Kier alpha value is -2.37. The molecule has 92 valence electrons. The highest BCUT2D eigenvalue weighted by Crippen LogP contribution is 2.16. The lowest BCUT2D eigenvalue weighted by atomic mass is 10.0. The molecule has 0 saturated heterocycles. The van der Waals surface area contributed by atoms with Gasteiger partial charge in [-0.3, -0.25) is 4.79 Å². The molecule has 0 radical (unpaired) electrons. The third-order valence-electron chi connectivity index (χ3n) is 2.56. The lowest BCUT2D eigenvalue weighted by Crippen LogP contribution is -2.01. The minimum absolute atomic E-state index is 0.0912. The first-order valence-electron chi connectivity index (χ1n) is 5.68. The summed E-state index contributed by atoms with van der Waals surface area (Å²) in [4.78, 5) is 12.1. The number of ketones is 1. The lowest BCUT2D eigenvalue weighted by molar-refractivity contribution is 0.104. The maximum atomic E-state index is 12.1. The van der Waals surface area contributed by atoms with E-state index in [1.165, 1.54) is 0 Å². The number of nitriles is 1. The Balaban J connectivity index is 2.36. The number of hydrogen-bond acceptors (Lipinski definition) is 2. The molecule has 0 unspecified atom stereocenters. The summed E-state index contributed by atoms with van der Waals surface area (Å²) in [5, 5.41) is 9.68. The van der Waals surface area contributed by atoms with E-state index in [2.05, 4.69) is 0 Å². The van der Waals surface area contributed by atoms with Crippen LogP contribution in [-0.2, 0) is 0 Å². The molecular weight excluding hydrogens is 258 g/mol. The van der Waals surface area contributed by atoms with Crippen molar-refractivity contribution in [2.75, 3.05) is 0 Å². The average molecular weight is 268 g/mol. The quantitative estimate of drug-likeness (QED) is 0.477. The van der Waals surface area contributed by atoms with Gasteiger partial charge in [0, 0.05) is 10.6 Å². The molecule has 0 aromatic heterocycles. The first-order valence-corrected chi connectivity index (χ1v) is 6.05.